The van der Waals surface area contributed by atoms with Gasteiger partial charge in [-0.15, -0.1) is 0 Å². The van der Waals surface area contributed by atoms with Gasteiger partial charge in [0.2, 0.25) is 0 Å². The van der Waals surface area contributed by atoms with Gasteiger partial charge in [0.1, 0.15) is 5.82 Å². The Balaban J connectivity index is 1.91. The van der Waals surface area contributed by atoms with Crippen molar-refractivity contribution in [2.24, 2.45) is 5.73 Å². The summed E-state index contributed by atoms with van der Waals surface area (Å²) in [5, 5.41) is 1.04. The summed E-state index contributed by atoms with van der Waals surface area (Å²) in [4.78, 5) is 7.60. The Morgan fingerprint density at radius 3 is 2.48 bits per heavy atom. The lowest BCUT2D eigenvalue weighted by molar-refractivity contribution is 0.801. The van der Waals surface area contributed by atoms with Gasteiger partial charge in [0.25, 0.3) is 0 Å². The van der Waals surface area contributed by atoms with Gasteiger partial charge in [0.05, 0.1) is 28.0 Å². The third-order valence-corrected chi connectivity index (χ3v) is 4.02. The SMILES string of the molecule is NC(c1ccccc1)c1ncc(-c2ccc(Cl)c(Cl)c2)[nH]1. The second-order valence-electron chi connectivity index (χ2n) is 4.70. The van der Waals surface area contributed by atoms with Gasteiger partial charge >= 0.3 is 0 Å². The van der Waals surface area contributed by atoms with Gasteiger partial charge in [-0.05, 0) is 17.7 Å². The highest BCUT2D eigenvalue weighted by Gasteiger charge is 2.13. The maximum Gasteiger partial charge on any atom is 0.128 e. The molecule has 106 valence electrons. The largest absolute Gasteiger partial charge is 0.340 e. The van der Waals surface area contributed by atoms with Crippen molar-refractivity contribution in [1.82, 2.24) is 9.97 Å². The maximum atomic E-state index is 6.22. The molecule has 0 amide bonds. The van der Waals surface area contributed by atoms with Crippen molar-refractivity contribution < 1.29 is 0 Å². The molecule has 0 radical (unpaired) electrons. The molecule has 3 rings (SSSR count). The first kappa shape index (κ1) is 14.1. The Kier molecular flexibility index (Phi) is 3.97. The van der Waals surface area contributed by atoms with Crippen LogP contribution < -0.4 is 5.73 Å². The molecule has 2 aromatic carbocycles. The summed E-state index contributed by atoms with van der Waals surface area (Å²) in [5.74, 6) is 0.710. The highest BCUT2D eigenvalue weighted by atomic mass is 35.5. The van der Waals surface area contributed by atoms with E-state index in [0.29, 0.717) is 15.9 Å². The fourth-order valence-corrected chi connectivity index (χ4v) is 2.42. The van der Waals surface area contributed by atoms with Crippen molar-refractivity contribution in [3.05, 3.63) is 76.2 Å². The first-order valence-corrected chi connectivity index (χ1v) is 7.21. The van der Waals surface area contributed by atoms with Crippen LogP contribution in [0.15, 0.2) is 54.7 Å². The van der Waals surface area contributed by atoms with Crippen LogP contribution in [-0.2, 0) is 0 Å². The van der Waals surface area contributed by atoms with Crippen LogP contribution in [-0.4, -0.2) is 9.97 Å². The van der Waals surface area contributed by atoms with Crippen LogP contribution in [0.2, 0.25) is 10.0 Å². The molecule has 0 fully saturated rings. The zero-order chi connectivity index (χ0) is 14.8. The lowest BCUT2D eigenvalue weighted by Crippen LogP contribution is -2.13. The predicted molar refractivity (Wildman–Crippen MR) is 86.5 cm³/mol. The Hall–Kier alpha value is -1.81. The summed E-state index contributed by atoms with van der Waals surface area (Å²) in [6.07, 6.45) is 1.75. The van der Waals surface area contributed by atoms with Crippen molar-refractivity contribution in [2.75, 3.05) is 0 Å². The number of aromatic amines is 1. The third kappa shape index (κ3) is 2.95. The van der Waals surface area contributed by atoms with Gasteiger partial charge in [0, 0.05) is 5.56 Å². The van der Waals surface area contributed by atoms with Gasteiger partial charge in [-0.1, -0.05) is 59.6 Å². The van der Waals surface area contributed by atoms with E-state index in [0.717, 1.165) is 16.8 Å². The number of halogens is 2. The molecule has 21 heavy (non-hydrogen) atoms. The van der Waals surface area contributed by atoms with Crippen LogP contribution >= 0.6 is 23.2 Å². The molecule has 0 aliphatic rings. The molecule has 1 atom stereocenters. The monoisotopic (exact) mass is 317 g/mol. The summed E-state index contributed by atoms with van der Waals surface area (Å²) >= 11 is 12.0. The summed E-state index contributed by atoms with van der Waals surface area (Å²) < 4.78 is 0. The van der Waals surface area contributed by atoms with Crippen molar-refractivity contribution >= 4 is 23.2 Å². The van der Waals surface area contributed by atoms with Crippen LogP contribution in [0, 0.1) is 0 Å². The normalized spacial score (nSPS) is 12.3. The standard InChI is InChI=1S/C16H13Cl2N3/c17-12-7-6-11(8-13(12)18)14-9-20-16(21-14)15(19)10-4-2-1-3-5-10/h1-9,15H,19H2,(H,20,21). The van der Waals surface area contributed by atoms with Crippen LogP contribution in [0.25, 0.3) is 11.3 Å². The summed E-state index contributed by atoms with van der Waals surface area (Å²) in [7, 11) is 0. The topological polar surface area (TPSA) is 54.7 Å². The second-order valence-corrected chi connectivity index (χ2v) is 5.51. The lowest BCUT2D eigenvalue weighted by Gasteiger charge is -2.08. The molecule has 0 saturated carbocycles. The number of nitrogens with two attached hydrogens (primary N) is 1. The van der Waals surface area contributed by atoms with Crippen molar-refractivity contribution in [2.45, 2.75) is 6.04 Å². The molecule has 1 unspecified atom stereocenters. The first-order valence-electron chi connectivity index (χ1n) is 6.46. The molecule has 0 bridgehead atoms. The van der Waals surface area contributed by atoms with Gasteiger partial charge in [-0.25, -0.2) is 4.98 Å². The van der Waals surface area contributed by atoms with Crippen LogP contribution in [0.4, 0.5) is 0 Å². The molecule has 0 aliphatic carbocycles. The molecular weight excluding hydrogens is 305 g/mol. The summed E-state index contributed by atoms with van der Waals surface area (Å²) in [6, 6.07) is 15.0. The second kappa shape index (κ2) is 5.90. The van der Waals surface area contributed by atoms with Gasteiger partial charge in [-0.2, -0.15) is 0 Å². The van der Waals surface area contributed by atoms with Gasteiger partial charge in [0.15, 0.2) is 0 Å². The summed E-state index contributed by atoms with van der Waals surface area (Å²) in [6.45, 7) is 0. The Labute approximate surface area is 132 Å². The number of hydrogen-bond donors (Lipinski definition) is 2. The molecule has 3 aromatic rings. The maximum absolute atomic E-state index is 6.22. The van der Waals surface area contributed by atoms with Crippen molar-refractivity contribution in [1.29, 1.82) is 0 Å². The number of nitrogens with one attached hydrogen (secondary N) is 1. The minimum atomic E-state index is -0.289. The van der Waals surface area contributed by atoms with E-state index in [2.05, 4.69) is 9.97 Å². The van der Waals surface area contributed by atoms with Gasteiger partial charge in [-0.3, -0.25) is 0 Å². The fraction of sp³-hybridized carbons (Fsp3) is 0.0625. The lowest BCUT2D eigenvalue weighted by atomic mass is 10.1. The third-order valence-electron chi connectivity index (χ3n) is 3.28. The van der Waals surface area contributed by atoms with E-state index >= 15 is 0 Å². The van der Waals surface area contributed by atoms with Crippen LogP contribution in [0.5, 0.6) is 0 Å². The molecule has 1 aromatic heterocycles. The molecule has 3 nitrogen and oxygen atoms in total. The molecule has 3 N–H and O–H groups in total. The average Bonchev–Trinajstić information content (AvgIpc) is 3.00. The number of benzene rings is 2. The predicted octanol–water partition coefficient (Wildman–Crippen LogP) is 4.43. The number of nitrogens with zero attached hydrogens (tertiary/aromatic N) is 1. The highest BCUT2D eigenvalue weighted by Crippen LogP contribution is 2.28. The van der Waals surface area contributed by atoms with Crippen molar-refractivity contribution in [3.63, 3.8) is 0 Å². The van der Waals surface area contributed by atoms with E-state index in [1.165, 1.54) is 0 Å². The minimum Gasteiger partial charge on any atom is -0.340 e. The van der Waals surface area contributed by atoms with E-state index in [1.807, 2.05) is 36.4 Å². The number of hydrogen-bond acceptors (Lipinski definition) is 2. The van der Waals surface area contributed by atoms with E-state index < -0.39 is 0 Å². The number of rotatable bonds is 3. The van der Waals surface area contributed by atoms with Crippen molar-refractivity contribution in [3.8, 4) is 11.3 Å². The van der Waals surface area contributed by atoms with Crippen LogP contribution in [0.1, 0.15) is 17.4 Å². The molecule has 1 heterocycles. The van der Waals surface area contributed by atoms with Crippen LogP contribution in [0.3, 0.4) is 0 Å². The number of imidazole rings is 1. The fourth-order valence-electron chi connectivity index (χ4n) is 2.12. The number of aromatic nitrogens is 2. The van der Waals surface area contributed by atoms with E-state index in [-0.39, 0.29) is 6.04 Å². The molecule has 0 saturated heterocycles. The van der Waals surface area contributed by atoms with Gasteiger partial charge < -0.3 is 10.7 Å². The molecule has 5 heteroatoms. The zero-order valence-corrected chi connectivity index (χ0v) is 12.6. The first-order chi connectivity index (χ1) is 10.1. The molecular formula is C16H13Cl2N3. The minimum absolute atomic E-state index is 0.289. The quantitative estimate of drug-likeness (QED) is 0.750. The smallest absolute Gasteiger partial charge is 0.128 e. The Morgan fingerprint density at radius 2 is 1.76 bits per heavy atom. The number of H-pyrrole nitrogens is 1. The van der Waals surface area contributed by atoms with E-state index in [1.54, 1.807) is 18.3 Å². The molecule has 0 spiro atoms. The van der Waals surface area contributed by atoms with E-state index in [4.69, 9.17) is 28.9 Å². The van der Waals surface area contributed by atoms with E-state index in [9.17, 15) is 0 Å². The summed E-state index contributed by atoms with van der Waals surface area (Å²) in [5.41, 5.74) is 9.00. The molecule has 0 aliphatic heterocycles. The Morgan fingerprint density at radius 1 is 1.00 bits per heavy atom. The average molecular weight is 318 g/mol. The Bertz CT molecular complexity index is 753. The highest BCUT2D eigenvalue weighted by molar-refractivity contribution is 6.42. The zero-order valence-electron chi connectivity index (χ0n) is 11.1.